The number of halogens is 3. The molecule has 0 aliphatic carbocycles. The molecule has 6 heteroatoms. The predicted octanol–water partition coefficient (Wildman–Crippen LogP) is 2.94. The summed E-state index contributed by atoms with van der Waals surface area (Å²) in [6, 6.07) is 2.41. The Bertz CT molecular complexity index is 487. The Morgan fingerprint density at radius 1 is 1.40 bits per heavy atom. The molecule has 0 saturated carbocycles. The molecule has 1 aromatic carbocycles. The van der Waals surface area contributed by atoms with Gasteiger partial charge in [-0.15, -0.1) is 0 Å². The standard InChI is InChI=1S/C14H17BrF2N2O/c1-19-5-3-2-4-10(19)8-18-14(20)13-11(16)6-9(15)7-12(13)17/h6-7,10H,2-5,8H2,1H3,(H,18,20). The number of carbonyl (C=O) groups is 1. The van der Waals surface area contributed by atoms with Gasteiger partial charge in [-0.2, -0.15) is 0 Å². The van der Waals surface area contributed by atoms with Crippen LogP contribution in [-0.4, -0.2) is 37.0 Å². The zero-order valence-electron chi connectivity index (χ0n) is 11.3. The van der Waals surface area contributed by atoms with Crippen LogP contribution in [0.2, 0.25) is 0 Å². The van der Waals surface area contributed by atoms with E-state index in [4.69, 9.17) is 0 Å². The largest absolute Gasteiger partial charge is 0.350 e. The van der Waals surface area contributed by atoms with Crippen LogP contribution in [0.5, 0.6) is 0 Å². The Kier molecular flexibility index (Phi) is 5.10. The van der Waals surface area contributed by atoms with E-state index >= 15 is 0 Å². The summed E-state index contributed by atoms with van der Waals surface area (Å²) in [4.78, 5) is 14.1. The molecule has 1 atom stereocenters. The minimum absolute atomic E-state index is 0.231. The lowest BCUT2D eigenvalue weighted by Gasteiger charge is -2.32. The third-order valence-corrected chi connectivity index (χ3v) is 4.11. The Balaban J connectivity index is 2.02. The number of rotatable bonds is 3. The molecule has 2 rings (SSSR count). The molecular weight excluding hydrogens is 330 g/mol. The molecule has 0 bridgehead atoms. The van der Waals surface area contributed by atoms with Crippen LogP contribution in [0.25, 0.3) is 0 Å². The highest BCUT2D eigenvalue weighted by Crippen LogP contribution is 2.20. The average Bonchev–Trinajstić information content (AvgIpc) is 2.36. The number of nitrogens with zero attached hydrogens (tertiary/aromatic N) is 1. The summed E-state index contributed by atoms with van der Waals surface area (Å²) in [5.41, 5.74) is -0.522. The van der Waals surface area contributed by atoms with E-state index in [2.05, 4.69) is 26.1 Å². The number of piperidine rings is 1. The molecule has 1 saturated heterocycles. The van der Waals surface area contributed by atoms with Crippen LogP contribution in [0.3, 0.4) is 0 Å². The van der Waals surface area contributed by atoms with Gasteiger partial charge in [0, 0.05) is 17.1 Å². The first-order chi connectivity index (χ1) is 9.49. The molecule has 1 unspecified atom stereocenters. The molecule has 1 aliphatic heterocycles. The van der Waals surface area contributed by atoms with Gasteiger partial charge in [0.15, 0.2) is 0 Å². The number of nitrogens with one attached hydrogen (secondary N) is 1. The first-order valence-electron chi connectivity index (χ1n) is 6.62. The molecule has 0 spiro atoms. The molecule has 1 heterocycles. The molecule has 1 aliphatic rings. The number of carbonyl (C=O) groups excluding carboxylic acids is 1. The van der Waals surface area contributed by atoms with Crippen molar-refractivity contribution in [1.82, 2.24) is 10.2 Å². The molecular formula is C14H17BrF2N2O. The lowest BCUT2D eigenvalue weighted by atomic mass is 10.0. The van der Waals surface area contributed by atoms with E-state index in [-0.39, 0.29) is 10.5 Å². The highest BCUT2D eigenvalue weighted by molar-refractivity contribution is 9.10. The highest BCUT2D eigenvalue weighted by atomic mass is 79.9. The first kappa shape index (κ1) is 15.4. The summed E-state index contributed by atoms with van der Waals surface area (Å²) in [6.07, 6.45) is 3.25. The van der Waals surface area contributed by atoms with Crippen LogP contribution >= 0.6 is 15.9 Å². The van der Waals surface area contributed by atoms with Crippen molar-refractivity contribution in [3.63, 3.8) is 0 Å². The minimum Gasteiger partial charge on any atom is -0.350 e. The molecule has 1 N–H and O–H groups in total. The van der Waals surface area contributed by atoms with Gasteiger partial charge < -0.3 is 10.2 Å². The van der Waals surface area contributed by atoms with Crippen molar-refractivity contribution in [1.29, 1.82) is 0 Å². The van der Waals surface area contributed by atoms with E-state index in [0.29, 0.717) is 6.54 Å². The third kappa shape index (κ3) is 3.55. The van der Waals surface area contributed by atoms with Crippen molar-refractivity contribution >= 4 is 21.8 Å². The summed E-state index contributed by atoms with van der Waals surface area (Å²) in [7, 11) is 2.00. The number of hydrogen-bond acceptors (Lipinski definition) is 2. The predicted molar refractivity (Wildman–Crippen MR) is 76.7 cm³/mol. The van der Waals surface area contributed by atoms with Gasteiger partial charge in [0.05, 0.1) is 0 Å². The van der Waals surface area contributed by atoms with Crippen molar-refractivity contribution < 1.29 is 13.6 Å². The fourth-order valence-corrected chi connectivity index (χ4v) is 2.86. The minimum atomic E-state index is -0.855. The molecule has 3 nitrogen and oxygen atoms in total. The fraction of sp³-hybridized carbons (Fsp3) is 0.500. The number of likely N-dealkylation sites (N-methyl/N-ethyl adjacent to an activating group) is 1. The van der Waals surface area contributed by atoms with Gasteiger partial charge in [-0.05, 0) is 38.6 Å². The van der Waals surface area contributed by atoms with Gasteiger partial charge in [0.2, 0.25) is 0 Å². The fourth-order valence-electron chi connectivity index (χ4n) is 2.46. The normalized spacial score (nSPS) is 19.9. The van der Waals surface area contributed by atoms with Gasteiger partial charge in [-0.25, -0.2) is 8.78 Å². The maximum absolute atomic E-state index is 13.7. The average molecular weight is 347 g/mol. The van der Waals surface area contributed by atoms with E-state index in [1.54, 1.807) is 0 Å². The number of likely N-dealkylation sites (tertiary alicyclic amines) is 1. The van der Waals surface area contributed by atoms with Gasteiger partial charge in [0.25, 0.3) is 5.91 Å². The van der Waals surface area contributed by atoms with E-state index < -0.39 is 23.1 Å². The molecule has 0 radical (unpaired) electrons. The van der Waals surface area contributed by atoms with Crippen LogP contribution in [0.4, 0.5) is 8.78 Å². The van der Waals surface area contributed by atoms with E-state index in [0.717, 1.165) is 37.9 Å². The quantitative estimate of drug-likeness (QED) is 0.912. The van der Waals surface area contributed by atoms with Crippen molar-refractivity contribution in [2.45, 2.75) is 25.3 Å². The summed E-state index contributed by atoms with van der Waals surface area (Å²) in [5.74, 6) is -2.41. The highest BCUT2D eigenvalue weighted by Gasteiger charge is 2.22. The summed E-state index contributed by atoms with van der Waals surface area (Å²) < 4.78 is 27.6. The van der Waals surface area contributed by atoms with Crippen molar-refractivity contribution in [3.8, 4) is 0 Å². The van der Waals surface area contributed by atoms with Gasteiger partial charge >= 0.3 is 0 Å². The Morgan fingerprint density at radius 3 is 2.65 bits per heavy atom. The molecule has 1 fully saturated rings. The van der Waals surface area contributed by atoms with Gasteiger partial charge in [0.1, 0.15) is 17.2 Å². The lowest BCUT2D eigenvalue weighted by molar-refractivity contribution is 0.0920. The SMILES string of the molecule is CN1CCCCC1CNC(=O)c1c(F)cc(Br)cc1F. The lowest BCUT2D eigenvalue weighted by Crippen LogP contribution is -2.44. The summed E-state index contributed by atoms with van der Waals surface area (Å²) in [6.45, 7) is 1.39. The van der Waals surface area contributed by atoms with Crippen molar-refractivity contribution in [2.75, 3.05) is 20.1 Å². The van der Waals surface area contributed by atoms with E-state index in [1.807, 2.05) is 7.05 Å². The second-order valence-corrected chi connectivity index (χ2v) is 6.00. The maximum atomic E-state index is 13.7. The molecule has 1 amide bonds. The Morgan fingerprint density at radius 2 is 2.05 bits per heavy atom. The number of hydrogen-bond donors (Lipinski definition) is 1. The van der Waals surface area contributed by atoms with Crippen LogP contribution < -0.4 is 5.32 Å². The van der Waals surface area contributed by atoms with Gasteiger partial charge in [-0.3, -0.25) is 4.79 Å². The van der Waals surface area contributed by atoms with Crippen molar-refractivity contribution in [3.05, 3.63) is 33.8 Å². The van der Waals surface area contributed by atoms with E-state index in [1.165, 1.54) is 0 Å². The smallest absolute Gasteiger partial charge is 0.257 e. The molecule has 1 aromatic rings. The zero-order valence-corrected chi connectivity index (χ0v) is 12.8. The second-order valence-electron chi connectivity index (χ2n) is 5.08. The Labute approximate surface area is 125 Å². The third-order valence-electron chi connectivity index (χ3n) is 3.65. The topological polar surface area (TPSA) is 32.3 Å². The van der Waals surface area contributed by atoms with Gasteiger partial charge in [-0.1, -0.05) is 22.4 Å². The molecule has 110 valence electrons. The van der Waals surface area contributed by atoms with E-state index in [9.17, 15) is 13.6 Å². The van der Waals surface area contributed by atoms with Crippen LogP contribution in [0.15, 0.2) is 16.6 Å². The number of amides is 1. The first-order valence-corrected chi connectivity index (χ1v) is 7.41. The maximum Gasteiger partial charge on any atom is 0.257 e. The Hall–Kier alpha value is -1.01. The molecule has 20 heavy (non-hydrogen) atoms. The second kappa shape index (κ2) is 6.63. The van der Waals surface area contributed by atoms with Crippen molar-refractivity contribution in [2.24, 2.45) is 0 Å². The summed E-state index contributed by atoms with van der Waals surface area (Å²) in [5, 5.41) is 2.62. The molecule has 0 aromatic heterocycles. The zero-order chi connectivity index (χ0) is 14.7. The summed E-state index contributed by atoms with van der Waals surface area (Å²) >= 11 is 2.99. The monoisotopic (exact) mass is 346 g/mol. The van der Waals surface area contributed by atoms with Crippen LogP contribution in [0.1, 0.15) is 29.6 Å². The van der Waals surface area contributed by atoms with Crippen LogP contribution in [0, 0.1) is 11.6 Å². The van der Waals surface area contributed by atoms with Crippen LogP contribution in [-0.2, 0) is 0 Å². The number of benzene rings is 1.